The van der Waals surface area contributed by atoms with E-state index in [-0.39, 0.29) is 30.8 Å². The van der Waals surface area contributed by atoms with Gasteiger partial charge in [0.05, 0.1) is 19.3 Å². The first-order chi connectivity index (χ1) is 18.3. The molecule has 1 aromatic carbocycles. The number of anilines is 1. The van der Waals surface area contributed by atoms with Gasteiger partial charge in [0.15, 0.2) is 0 Å². The molecule has 218 valence electrons. The molecule has 2 aliphatic rings. The number of nitrogens with one attached hydrogen (secondary N) is 2. The number of aliphatic hydroxyl groups is 1. The van der Waals surface area contributed by atoms with Gasteiger partial charge >= 0.3 is 6.09 Å². The average molecular weight is 545 g/mol. The van der Waals surface area contributed by atoms with Gasteiger partial charge in [0.25, 0.3) is 0 Å². The van der Waals surface area contributed by atoms with Gasteiger partial charge in [-0.3, -0.25) is 9.59 Å². The quantitative estimate of drug-likeness (QED) is 0.356. The molecule has 1 aliphatic heterocycles. The molecule has 1 heterocycles. The number of benzene rings is 1. The van der Waals surface area contributed by atoms with Crippen LogP contribution in [0.5, 0.6) is 0 Å². The highest BCUT2D eigenvalue weighted by molar-refractivity contribution is 5.95. The molecule has 3 amide bonds. The number of aliphatic hydroxyl groups excluding tert-OH is 1. The zero-order chi connectivity index (χ0) is 28.8. The number of rotatable bonds is 10. The molecule has 9 heteroatoms. The lowest BCUT2D eigenvalue weighted by Crippen LogP contribution is -2.51. The van der Waals surface area contributed by atoms with E-state index >= 15 is 0 Å². The van der Waals surface area contributed by atoms with E-state index in [1.54, 1.807) is 4.90 Å². The van der Waals surface area contributed by atoms with Crippen molar-refractivity contribution in [3.8, 4) is 0 Å². The van der Waals surface area contributed by atoms with Crippen LogP contribution in [0.25, 0.3) is 0 Å². The predicted octanol–water partition coefficient (Wildman–Crippen LogP) is 3.52. The largest absolute Gasteiger partial charge is 0.453 e. The summed E-state index contributed by atoms with van der Waals surface area (Å²) in [7, 11) is 1.32. The van der Waals surface area contributed by atoms with Crippen LogP contribution in [-0.2, 0) is 20.7 Å². The minimum absolute atomic E-state index is 0.0472. The smallest absolute Gasteiger partial charge is 0.407 e. The second-order valence-electron chi connectivity index (χ2n) is 12.7. The Labute approximate surface area is 233 Å². The molecule has 9 nitrogen and oxygen atoms in total. The zero-order valence-electron chi connectivity index (χ0n) is 24.3. The second-order valence-corrected chi connectivity index (χ2v) is 12.7. The Morgan fingerprint density at radius 1 is 1.13 bits per heavy atom. The lowest BCUT2D eigenvalue weighted by molar-refractivity contribution is -0.133. The number of methoxy groups -OCH3 is 1. The normalized spacial score (nSPS) is 20.0. The van der Waals surface area contributed by atoms with Crippen LogP contribution in [0.1, 0.15) is 78.2 Å². The van der Waals surface area contributed by atoms with E-state index in [9.17, 15) is 19.5 Å². The third-order valence-electron chi connectivity index (χ3n) is 8.56. The van der Waals surface area contributed by atoms with Crippen molar-refractivity contribution in [3.63, 3.8) is 0 Å². The van der Waals surface area contributed by atoms with Crippen LogP contribution in [-0.4, -0.2) is 61.4 Å². The summed E-state index contributed by atoms with van der Waals surface area (Å²) in [5.74, 6) is 0.228. The van der Waals surface area contributed by atoms with E-state index < -0.39 is 29.1 Å². The number of alkyl carbamates (subject to hydrolysis) is 1. The van der Waals surface area contributed by atoms with Crippen LogP contribution in [0.2, 0.25) is 0 Å². The maximum absolute atomic E-state index is 13.5. The number of nitrogens with zero attached hydrogens (tertiary/aromatic N) is 1. The van der Waals surface area contributed by atoms with E-state index in [0.717, 1.165) is 36.9 Å². The standard InChI is InChI=1S/C30H48N4O5/c1-29(2,16-23(31)25(35)18-32-27(37)30(3,4)21-12-7-6-8-13-21)17-26(36)34-19-22(33-28(38)39-5)15-20-11-9-10-14-24(20)34/h9-11,14,21-23,25,35H,6-8,12-13,15-19,31H2,1-5H3,(H,32,37)(H,33,38)/t22?,23-,25-/m0/s1. The number of fused-ring (bicyclic) bond motifs is 1. The molecule has 1 fully saturated rings. The van der Waals surface area contributed by atoms with Gasteiger partial charge in [0.1, 0.15) is 0 Å². The third-order valence-corrected chi connectivity index (χ3v) is 8.56. The van der Waals surface area contributed by atoms with Crippen molar-refractivity contribution in [2.45, 2.75) is 97.2 Å². The summed E-state index contributed by atoms with van der Waals surface area (Å²) in [6.45, 7) is 8.33. The highest BCUT2D eigenvalue weighted by Gasteiger charge is 2.38. The molecule has 3 atom stereocenters. The van der Waals surface area contributed by atoms with Crippen molar-refractivity contribution in [2.75, 3.05) is 25.1 Å². The molecule has 3 rings (SSSR count). The lowest BCUT2D eigenvalue weighted by atomic mass is 9.70. The highest BCUT2D eigenvalue weighted by atomic mass is 16.5. The monoisotopic (exact) mass is 544 g/mol. The molecule has 0 saturated heterocycles. The molecule has 39 heavy (non-hydrogen) atoms. The Morgan fingerprint density at radius 3 is 2.46 bits per heavy atom. The number of para-hydroxylation sites is 1. The number of nitrogens with two attached hydrogens (primary N) is 1. The van der Waals surface area contributed by atoms with Gasteiger partial charge < -0.3 is 31.1 Å². The lowest BCUT2D eigenvalue weighted by Gasteiger charge is -2.37. The molecule has 1 saturated carbocycles. The van der Waals surface area contributed by atoms with E-state index in [4.69, 9.17) is 10.5 Å². The fourth-order valence-corrected chi connectivity index (χ4v) is 6.09. The Morgan fingerprint density at radius 2 is 1.79 bits per heavy atom. The van der Waals surface area contributed by atoms with Gasteiger partial charge in [-0.15, -0.1) is 0 Å². The van der Waals surface area contributed by atoms with Crippen LogP contribution in [0.15, 0.2) is 24.3 Å². The van der Waals surface area contributed by atoms with Gasteiger partial charge in [-0.2, -0.15) is 0 Å². The molecular weight excluding hydrogens is 496 g/mol. The van der Waals surface area contributed by atoms with Crippen molar-refractivity contribution in [1.29, 1.82) is 0 Å². The third kappa shape index (κ3) is 8.18. The maximum Gasteiger partial charge on any atom is 0.407 e. The fraction of sp³-hybridized carbons (Fsp3) is 0.700. The van der Waals surface area contributed by atoms with Crippen molar-refractivity contribution in [1.82, 2.24) is 10.6 Å². The number of carbonyl (C=O) groups excluding carboxylic acids is 3. The SMILES string of the molecule is COC(=O)NC1Cc2ccccc2N(C(=O)CC(C)(C)C[C@H](N)[C@@H](O)CNC(=O)C(C)(C)C2CCCCC2)C1. The van der Waals surface area contributed by atoms with Crippen molar-refractivity contribution < 1.29 is 24.2 Å². The Kier molecular flexibility index (Phi) is 10.4. The summed E-state index contributed by atoms with van der Waals surface area (Å²) in [6.07, 6.45) is 5.46. The molecule has 1 unspecified atom stereocenters. The van der Waals surface area contributed by atoms with Gasteiger partial charge in [-0.1, -0.05) is 65.2 Å². The minimum Gasteiger partial charge on any atom is -0.453 e. The fourth-order valence-electron chi connectivity index (χ4n) is 6.09. The van der Waals surface area contributed by atoms with E-state index in [2.05, 4.69) is 10.6 Å². The Balaban J connectivity index is 1.56. The van der Waals surface area contributed by atoms with Crippen LogP contribution >= 0.6 is 0 Å². The van der Waals surface area contributed by atoms with Gasteiger partial charge in [-0.05, 0) is 48.6 Å². The molecular formula is C30H48N4O5. The molecule has 5 N–H and O–H groups in total. The number of hydrogen-bond donors (Lipinski definition) is 4. The van der Waals surface area contributed by atoms with Crippen LogP contribution < -0.4 is 21.3 Å². The highest BCUT2D eigenvalue weighted by Crippen LogP contribution is 2.38. The van der Waals surface area contributed by atoms with Gasteiger partial charge in [0, 0.05) is 36.7 Å². The molecule has 1 aliphatic carbocycles. The van der Waals surface area contributed by atoms with Crippen molar-refractivity contribution >= 4 is 23.6 Å². The number of hydrogen-bond acceptors (Lipinski definition) is 6. The van der Waals surface area contributed by atoms with Crippen LogP contribution in [0, 0.1) is 16.7 Å². The molecule has 0 radical (unpaired) electrons. The summed E-state index contributed by atoms with van der Waals surface area (Å²) < 4.78 is 4.75. The van der Waals surface area contributed by atoms with Crippen LogP contribution in [0.3, 0.4) is 0 Å². The van der Waals surface area contributed by atoms with Crippen LogP contribution in [0.4, 0.5) is 10.5 Å². The van der Waals surface area contributed by atoms with E-state index in [0.29, 0.717) is 25.3 Å². The van der Waals surface area contributed by atoms with Crippen molar-refractivity contribution in [2.24, 2.45) is 22.5 Å². The first-order valence-electron chi connectivity index (χ1n) is 14.3. The molecule has 0 spiro atoms. The predicted molar refractivity (Wildman–Crippen MR) is 152 cm³/mol. The first kappa shape index (κ1) is 30.9. The number of ether oxygens (including phenoxy) is 1. The number of amides is 3. The first-order valence-corrected chi connectivity index (χ1v) is 14.3. The zero-order valence-corrected chi connectivity index (χ0v) is 24.3. The maximum atomic E-state index is 13.5. The molecule has 0 aromatic heterocycles. The van der Waals surface area contributed by atoms with E-state index in [1.165, 1.54) is 13.5 Å². The summed E-state index contributed by atoms with van der Waals surface area (Å²) in [6, 6.07) is 6.83. The van der Waals surface area contributed by atoms with E-state index in [1.807, 2.05) is 52.0 Å². The molecule has 0 bridgehead atoms. The van der Waals surface area contributed by atoms with Gasteiger partial charge in [0.2, 0.25) is 11.8 Å². The van der Waals surface area contributed by atoms with Gasteiger partial charge in [-0.25, -0.2) is 4.79 Å². The Bertz CT molecular complexity index is 1000. The second kappa shape index (κ2) is 13.1. The topological polar surface area (TPSA) is 134 Å². The molecule has 1 aromatic rings. The average Bonchev–Trinajstić information content (AvgIpc) is 2.90. The Hall–Kier alpha value is -2.65. The minimum atomic E-state index is -0.921. The number of carbonyl (C=O) groups is 3. The summed E-state index contributed by atoms with van der Waals surface area (Å²) >= 11 is 0. The summed E-state index contributed by atoms with van der Waals surface area (Å²) in [4.78, 5) is 40.0. The van der Waals surface area contributed by atoms with Crippen molar-refractivity contribution in [3.05, 3.63) is 29.8 Å². The summed E-state index contributed by atoms with van der Waals surface area (Å²) in [5.41, 5.74) is 7.22. The summed E-state index contributed by atoms with van der Waals surface area (Å²) in [5, 5.41) is 16.5.